The van der Waals surface area contributed by atoms with Gasteiger partial charge in [-0.1, -0.05) is 19.8 Å². The van der Waals surface area contributed by atoms with E-state index in [9.17, 15) is 4.79 Å². The van der Waals surface area contributed by atoms with Crippen LogP contribution in [0.4, 0.5) is 10.5 Å². The van der Waals surface area contributed by atoms with Gasteiger partial charge in [0.1, 0.15) is 0 Å². The van der Waals surface area contributed by atoms with Crippen LogP contribution in [0.1, 0.15) is 31.7 Å². The van der Waals surface area contributed by atoms with Crippen LogP contribution in [-0.4, -0.2) is 48.6 Å². The first-order valence-corrected chi connectivity index (χ1v) is 8.01. The minimum Gasteiger partial charge on any atom is -0.322 e. The van der Waals surface area contributed by atoms with Gasteiger partial charge in [-0.3, -0.25) is 4.90 Å². The lowest BCUT2D eigenvalue weighted by Gasteiger charge is -2.34. The van der Waals surface area contributed by atoms with Crippen molar-refractivity contribution in [2.45, 2.75) is 26.2 Å². The number of nitriles is 1. The highest BCUT2D eigenvalue weighted by molar-refractivity contribution is 5.89. The number of rotatable bonds is 5. The van der Waals surface area contributed by atoms with E-state index in [0.717, 1.165) is 38.4 Å². The molecule has 118 valence electrons. The number of nitrogens with zero attached hydrogens (tertiary/aromatic N) is 3. The SMILES string of the molecule is CCCCCN1CCN(C(=O)Nc2ccc(C#N)cc2)CC1. The molecule has 2 amide bonds. The van der Waals surface area contributed by atoms with Gasteiger partial charge in [0.05, 0.1) is 11.6 Å². The van der Waals surface area contributed by atoms with Gasteiger partial charge in [0.15, 0.2) is 0 Å². The predicted molar refractivity (Wildman–Crippen MR) is 87.7 cm³/mol. The number of hydrogen-bond donors (Lipinski definition) is 1. The normalized spacial score (nSPS) is 15.4. The van der Waals surface area contributed by atoms with Crippen LogP contribution in [0.15, 0.2) is 24.3 Å². The van der Waals surface area contributed by atoms with Crippen LogP contribution in [0, 0.1) is 11.3 Å². The van der Waals surface area contributed by atoms with Crippen molar-refractivity contribution in [3.63, 3.8) is 0 Å². The molecule has 0 unspecified atom stereocenters. The molecule has 0 aromatic heterocycles. The summed E-state index contributed by atoms with van der Waals surface area (Å²) in [5.74, 6) is 0. The van der Waals surface area contributed by atoms with Crippen LogP contribution < -0.4 is 5.32 Å². The number of amides is 2. The summed E-state index contributed by atoms with van der Waals surface area (Å²) >= 11 is 0. The molecule has 1 aromatic carbocycles. The maximum atomic E-state index is 12.2. The van der Waals surface area contributed by atoms with Gasteiger partial charge in [-0.2, -0.15) is 5.26 Å². The summed E-state index contributed by atoms with van der Waals surface area (Å²) in [6.07, 6.45) is 3.76. The zero-order valence-corrected chi connectivity index (χ0v) is 13.2. The molecule has 22 heavy (non-hydrogen) atoms. The number of carbonyl (C=O) groups excluding carboxylic acids is 1. The standard InChI is InChI=1S/C17H24N4O/c1-2-3-4-9-20-10-12-21(13-11-20)17(22)19-16-7-5-15(14-18)6-8-16/h5-8H,2-4,9-13H2,1H3,(H,19,22). The van der Waals surface area contributed by atoms with Crippen LogP contribution in [0.2, 0.25) is 0 Å². The molecule has 2 rings (SSSR count). The van der Waals surface area contributed by atoms with Gasteiger partial charge in [-0.05, 0) is 37.2 Å². The molecule has 0 atom stereocenters. The number of nitrogens with one attached hydrogen (secondary N) is 1. The molecule has 0 radical (unpaired) electrons. The van der Waals surface area contributed by atoms with Crippen molar-refractivity contribution in [2.75, 3.05) is 38.0 Å². The Hall–Kier alpha value is -2.06. The number of anilines is 1. The number of benzene rings is 1. The summed E-state index contributed by atoms with van der Waals surface area (Å²) in [4.78, 5) is 16.5. The Labute approximate surface area is 132 Å². The molecule has 1 saturated heterocycles. The Kier molecular flexibility index (Phi) is 6.23. The molecule has 5 nitrogen and oxygen atoms in total. The first-order chi connectivity index (χ1) is 10.7. The fourth-order valence-corrected chi connectivity index (χ4v) is 2.59. The molecule has 1 aromatic rings. The second-order valence-electron chi connectivity index (χ2n) is 5.66. The van der Waals surface area contributed by atoms with Gasteiger partial charge in [-0.15, -0.1) is 0 Å². The average Bonchev–Trinajstić information content (AvgIpc) is 2.56. The number of carbonyl (C=O) groups is 1. The summed E-state index contributed by atoms with van der Waals surface area (Å²) in [5, 5.41) is 11.7. The first-order valence-electron chi connectivity index (χ1n) is 8.01. The molecule has 0 spiro atoms. The zero-order chi connectivity index (χ0) is 15.8. The molecule has 0 aliphatic carbocycles. The largest absolute Gasteiger partial charge is 0.322 e. The molecule has 0 saturated carbocycles. The fraction of sp³-hybridized carbons (Fsp3) is 0.529. The fourth-order valence-electron chi connectivity index (χ4n) is 2.59. The van der Waals surface area contributed by atoms with Gasteiger partial charge in [0, 0.05) is 31.9 Å². The zero-order valence-electron chi connectivity index (χ0n) is 13.2. The summed E-state index contributed by atoms with van der Waals surface area (Å²) in [6.45, 7) is 6.79. The molecule has 1 heterocycles. The lowest BCUT2D eigenvalue weighted by Crippen LogP contribution is -2.50. The van der Waals surface area contributed by atoms with Gasteiger partial charge in [0.2, 0.25) is 0 Å². The Morgan fingerprint density at radius 2 is 1.86 bits per heavy atom. The Morgan fingerprint density at radius 3 is 2.45 bits per heavy atom. The summed E-state index contributed by atoms with van der Waals surface area (Å²) in [6, 6.07) is 8.95. The predicted octanol–water partition coefficient (Wildman–Crippen LogP) is 2.90. The van der Waals surface area contributed by atoms with E-state index >= 15 is 0 Å². The molecular formula is C17H24N4O. The first kappa shape index (κ1) is 16.3. The van der Waals surface area contributed by atoms with E-state index in [1.807, 2.05) is 4.90 Å². The van der Waals surface area contributed by atoms with Gasteiger partial charge >= 0.3 is 6.03 Å². The van der Waals surface area contributed by atoms with E-state index in [0.29, 0.717) is 5.56 Å². The van der Waals surface area contributed by atoms with Gasteiger partial charge in [0.25, 0.3) is 0 Å². The van der Waals surface area contributed by atoms with Crippen molar-refractivity contribution >= 4 is 11.7 Å². The van der Waals surface area contributed by atoms with Crippen LogP contribution in [-0.2, 0) is 0 Å². The topological polar surface area (TPSA) is 59.4 Å². The number of unbranched alkanes of at least 4 members (excludes halogenated alkanes) is 2. The van der Waals surface area contributed by atoms with Crippen LogP contribution in [0.25, 0.3) is 0 Å². The van der Waals surface area contributed by atoms with Crippen LogP contribution >= 0.6 is 0 Å². The van der Waals surface area contributed by atoms with Crippen molar-refractivity contribution < 1.29 is 4.79 Å². The molecule has 1 fully saturated rings. The molecule has 5 heteroatoms. The van der Waals surface area contributed by atoms with Crippen molar-refractivity contribution in [2.24, 2.45) is 0 Å². The second-order valence-corrected chi connectivity index (χ2v) is 5.66. The highest BCUT2D eigenvalue weighted by Crippen LogP contribution is 2.11. The average molecular weight is 300 g/mol. The van der Waals surface area contributed by atoms with Gasteiger partial charge in [-0.25, -0.2) is 4.79 Å². The van der Waals surface area contributed by atoms with E-state index < -0.39 is 0 Å². The molecule has 0 bridgehead atoms. The minimum absolute atomic E-state index is 0.0575. The van der Waals surface area contributed by atoms with Crippen LogP contribution in [0.5, 0.6) is 0 Å². The van der Waals surface area contributed by atoms with Crippen molar-refractivity contribution in [3.05, 3.63) is 29.8 Å². The monoisotopic (exact) mass is 300 g/mol. The lowest BCUT2D eigenvalue weighted by atomic mass is 10.2. The van der Waals surface area contributed by atoms with Crippen molar-refractivity contribution in [3.8, 4) is 6.07 Å². The minimum atomic E-state index is -0.0575. The van der Waals surface area contributed by atoms with E-state index in [2.05, 4.69) is 23.2 Å². The molecule has 1 aliphatic rings. The number of urea groups is 1. The summed E-state index contributed by atoms with van der Waals surface area (Å²) in [7, 11) is 0. The maximum absolute atomic E-state index is 12.2. The summed E-state index contributed by atoms with van der Waals surface area (Å²) in [5.41, 5.74) is 1.33. The molecule has 1 N–H and O–H groups in total. The third kappa shape index (κ3) is 4.74. The highest BCUT2D eigenvalue weighted by atomic mass is 16.2. The van der Waals surface area contributed by atoms with E-state index in [1.54, 1.807) is 24.3 Å². The molecular weight excluding hydrogens is 276 g/mol. The third-order valence-electron chi connectivity index (χ3n) is 4.00. The van der Waals surface area contributed by atoms with Crippen molar-refractivity contribution in [1.29, 1.82) is 5.26 Å². The number of hydrogen-bond acceptors (Lipinski definition) is 3. The van der Waals surface area contributed by atoms with Crippen LogP contribution in [0.3, 0.4) is 0 Å². The van der Waals surface area contributed by atoms with Crippen molar-refractivity contribution in [1.82, 2.24) is 9.80 Å². The summed E-state index contributed by atoms with van der Waals surface area (Å²) < 4.78 is 0. The Bertz CT molecular complexity index is 512. The van der Waals surface area contributed by atoms with E-state index in [4.69, 9.17) is 5.26 Å². The van der Waals surface area contributed by atoms with E-state index in [-0.39, 0.29) is 6.03 Å². The lowest BCUT2D eigenvalue weighted by molar-refractivity contribution is 0.146. The maximum Gasteiger partial charge on any atom is 0.321 e. The van der Waals surface area contributed by atoms with Gasteiger partial charge < -0.3 is 10.2 Å². The third-order valence-corrected chi connectivity index (χ3v) is 4.00. The molecule has 1 aliphatic heterocycles. The smallest absolute Gasteiger partial charge is 0.321 e. The highest BCUT2D eigenvalue weighted by Gasteiger charge is 2.20. The quantitative estimate of drug-likeness (QED) is 0.851. The number of piperazine rings is 1. The van der Waals surface area contributed by atoms with E-state index in [1.165, 1.54) is 19.3 Å². The Morgan fingerprint density at radius 1 is 1.18 bits per heavy atom. The second kappa shape index (κ2) is 8.40. The Balaban J connectivity index is 1.76.